The van der Waals surface area contributed by atoms with E-state index in [9.17, 15) is 4.79 Å². The quantitative estimate of drug-likeness (QED) is 0.785. The van der Waals surface area contributed by atoms with Gasteiger partial charge >= 0.3 is 11.4 Å². The Morgan fingerprint density at radius 3 is 2.48 bits per heavy atom. The molecule has 0 bridgehead atoms. The van der Waals surface area contributed by atoms with Crippen molar-refractivity contribution in [3.8, 4) is 0 Å². The summed E-state index contributed by atoms with van der Waals surface area (Å²) in [7, 11) is 1.76. The third-order valence-electron chi connectivity index (χ3n) is 4.58. The molecule has 2 aromatic rings. The van der Waals surface area contributed by atoms with Gasteiger partial charge in [-0.05, 0) is 43.2 Å². The van der Waals surface area contributed by atoms with E-state index in [1.54, 1.807) is 18.0 Å². The number of carbonyl (C=O) groups excluding carboxylic acids is 1. The molecule has 116 valence electrons. The number of benzene rings is 2. The lowest BCUT2D eigenvalue weighted by Crippen LogP contribution is -2.41. The fraction of sp³-hybridized carbons (Fsp3) is 0.300. The molecule has 0 radical (unpaired) electrons. The summed E-state index contributed by atoms with van der Waals surface area (Å²) in [4.78, 5) is 17.9. The second-order valence-electron chi connectivity index (χ2n) is 6.51. The van der Waals surface area contributed by atoms with Crippen molar-refractivity contribution in [3.05, 3.63) is 65.0 Å². The second kappa shape index (κ2) is 5.24. The number of aryl methyl sites for hydroxylation is 1. The van der Waals surface area contributed by atoms with Crippen LogP contribution in [-0.4, -0.2) is 29.4 Å². The molecule has 3 nitrogen and oxygen atoms in total. The summed E-state index contributed by atoms with van der Waals surface area (Å²) < 4.78 is 0. The van der Waals surface area contributed by atoms with Gasteiger partial charge in [0.05, 0.1) is 5.57 Å². The smallest absolute Gasteiger partial charge is 0.336 e. The summed E-state index contributed by atoms with van der Waals surface area (Å²) in [5.74, 6) is -0.137. The summed E-state index contributed by atoms with van der Waals surface area (Å²) in [6.07, 6.45) is 1.79. The van der Waals surface area contributed by atoms with Crippen LogP contribution in [0.2, 0.25) is 0 Å². The number of carbonyl (C=O) groups is 1. The number of hydrogen-bond acceptors (Lipinski definition) is 1. The summed E-state index contributed by atoms with van der Waals surface area (Å²) in [6.45, 7) is 13.5. The fourth-order valence-electron chi connectivity index (χ4n) is 2.83. The molecule has 1 atom stereocenters. The van der Waals surface area contributed by atoms with Gasteiger partial charge in [0.25, 0.3) is 0 Å². The first-order chi connectivity index (χ1) is 10.9. The minimum atomic E-state index is -1.10. The van der Waals surface area contributed by atoms with E-state index < -0.39 is 5.54 Å². The van der Waals surface area contributed by atoms with Gasteiger partial charge in [0.2, 0.25) is 0 Å². The lowest BCUT2D eigenvalue weighted by atomic mass is 9.99. The van der Waals surface area contributed by atoms with Gasteiger partial charge in [0.15, 0.2) is 0 Å². The topological polar surface area (TPSA) is 24.7 Å². The van der Waals surface area contributed by atoms with Crippen molar-refractivity contribution >= 4 is 22.3 Å². The van der Waals surface area contributed by atoms with Crippen LogP contribution in [0.3, 0.4) is 0 Å². The molecule has 0 N–H and O–H groups in total. The minimum Gasteiger partial charge on any atom is -0.336 e. The van der Waals surface area contributed by atoms with Crippen LogP contribution >= 0.6 is 0 Å². The largest absolute Gasteiger partial charge is 0.353 e. The van der Waals surface area contributed by atoms with Gasteiger partial charge in [-0.2, -0.15) is 0 Å². The van der Waals surface area contributed by atoms with Crippen LogP contribution in [0.15, 0.2) is 42.5 Å². The van der Waals surface area contributed by atoms with Crippen molar-refractivity contribution < 1.29 is 4.79 Å². The summed E-state index contributed by atoms with van der Waals surface area (Å²) in [5, 5.41) is 2.30. The van der Waals surface area contributed by atoms with E-state index in [-0.39, 0.29) is 11.9 Å². The van der Waals surface area contributed by atoms with Crippen molar-refractivity contribution in [1.29, 1.82) is 0 Å². The molecule has 23 heavy (non-hydrogen) atoms. The third kappa shape index (κ3) is 2.41. The molecule has 0 unspecified atom stereocenters. The molecule has 0 heterocycles. The molecule has 0 aliphatic heterocycles. The standard InChI is InChI=1S/C20H20N2O/c1-13(2)22(5)19(23)20(21-4)12-18(20)17-9-8-15-10-14(3)6-7-16(15)11-17/h6-13H,1-3,5H3/t20-/m0/s1. The van der Waals surface area contributed by atoms with Crippen LogP contribution in [0.4, 0.5) is 0 Å². The Morgan fingerprint density at radius 2 is 1.83 bits per heavy atom. The Kier molecular flexibility index (Phi) is 3.49. The zero-order chi connectivity index (χ0) is 16.8. The molecule has 0 spiro atoms. The summed E-state index contributed by atoms with van der Waals surface area (Å²) in [6, 6.07) is 12.5. The van der Waals surface area contributed by atoms with Crippen molar-refractivity contribution in [2.45, 2.75) is 32.4 Å². The molecule has 1 aliphatic carbocycles. The third-order valence-corrected chi connectivity index (χ3v) is 4.58. The Hall–Kier alpha value is -2.60. The average Bonchev–Trinajstić information content (AvgIpc) is 3.29. The van der Waals surface area contributed by atoms with E-state index in [1.807, 2.05) is 19.9 Å². The maximum absolute atomic E-state index is 12.7. The summed E-state index contributed by atoms with van der Waals surface area (Å²) in [5.41, 5.74) is 1.91. The Morgan fingerprint density at radius 1 is 1.17 bits per heavy atom. The van der Waals surface area contributed by atoms with E-state index in [4.69, 9.17) is 6.57 Å². The van der Waals surface area contributed by atoms with Gasteiger partial charge in [-0.25, -0.2) is 6.57 Å². The van der Waals surface area contributed by atoms with Crippen molar-refractivity contribution in [3.63, 3.8) is 0 Å². The number of likely N-dealkylation sites (N-methyl/N-ethyl adjacent to an activating group) is 1. The fourth-order valence-corrected chi connectivity index (χ4v) is 2.83. The SMILES string of the molecule is [C-]#[N+][C@@]1(C(=O)N(C)C(C)C)C=C1c1ccc2cc(C)ccc2c1. The van der Waals surface area contributed by atoms with Crippen LogP contribution in [0.1, 0.15) is 25.0 Å². The molecule has 2 aromatic carbocycles. The Bertz CT molecular complexity index is 873. The predicted molar refractivity (Wildman–Crippen MR) is 93.9 cm³/mol. The number of amides is 1. The van der Waals surface area contributed by atoms with Crippen LogP contribution in [-0.2, 0) is 4.79 Å². The van der Waals surface area contributed by atoms with Crippen molar-refractivity contribution in [1.82, 2.24) is 4.90 Å². The Balaban J connectivity index is 1.95. The van der Waals surface area contributed by atoms with Gasteiger partial charge < -0.3 is 4.90 Å². The van der Waals surface area contributed by atoms with Crippen molar-refractivity contribution in [2.24, 2.45) is 0 Å². The highest BCUT2D eigenvalue weighted by atomic mass is 16.2. The number of rotatable bonds is 3. The van der Waals surface area contributed by atoms with Gasteiger partial charge in [0.1, 0.15) is 0 Å². The monoisotopic (exact) mass is 304 g/mol. The first-order valence-electron chi connectivity index (χ1n) is 7.79. The van der Waals surface area contributed by atoms with E-state index >= 15 is 0 Å². The highest BCUT2D eigenvalue weighted by molar-refractivity contribution is 6.15. The lowest BCUT2D eigenvalue weighted by Gasteiger charge is -2.22. The van der Waals surface area contributed by atoms with E-state index in [0.29, 0.717) is 0 Å². The second-order valence-corrected chi connectivity index (χ2v) is 6.51. The predicted octanol–water partition coefficient (Wildman–Crippen LogP) is 4.07. The highest BCUT2D eigenvalue weighted by Gasteiger charge is 2.61. The number of hydrogen-bond donors (Lipinski definition) is 0. The molecule has 0 saturated carbocycles. The van der Waals surface area contributed by atoms with Gasteiger partial charge in [-0.3, -0.25) is 9.64 Å². The minimum absolute atomic E-state index is 0.0796. The van der Waals surface area contributed by atoms with Crippen molar-refractivity contribution in [2.75, 3.05) is 7.05 Å². The highest BCUT2D eigenvalue weighted by Crippen LogP contribution is 2.48. The normalized spacial score (nSPS) is 19.4. The number of fused-ring (bicyclic) bond motifs is 1. The lowest BCUT2D eigenvalue weighted by molar-refractivity contribution is -0.131. The van der Waals surface area contributed by atoms with Crippen LogP contribution < -0.4 is 0 Å². The molecule has 3 heteroatoms. The zero-order valence-corrected chi connectivity index (χ0v) is 13.9. The maximum atomic E-state index is 12.7. The van der Waals surface area contributed by atoms with Gasteiger partial charge in [0, 0.05) is 19.2 Å². The van der Waals surface area contributed by atoms with Gasteiger partial charge in [-0.1, -0.05) is 35.9 Å². The van der Waals surface area contributed by atoms with E-state index in [0.717, 1.165) is 16.5 Å². The van der Waals surface area contributed by atoms with Crippen LogP contribution in [0.25, 0.3) is 21.2 Å². The van der Waals surface area contributed by atoms with E-state index in [1.165, 1.54) is 10.9 Å². The first-order valence-corrected chi connectivity index (χ1v) is 7.79. The molecule has 0 saturated heterocycles. The molecule has 1 aliphatic rings. The molecule has 0 fully saturated rings. The maximum Gasteiger partial charge on any atom is 0.353 e. The molecule has 1 amide bonds. The van der Waals surface area contributed by atoms with Crippen LogP contribution in [0.5, 0.6) is 0 Å². The molecule has 3 rings (SSSR count). The number of nitrogens with zero attached hydrogens (tertiary/aromatic N) is 2. The van der Waals surface area contributed by atoms with Gasteiger partial charge in [-0.15, -0.1) is 0 Å². The zero-order valence-electron chi connectivity index (χ0n) is 13.9. The molecular formula is C20H20N2O. The molecule has 0 aromatic heterocycles. The van der Waals surface area contributed by atoms with E-state index in [2.05, 4.69) is 42.1 Å². The molecular weight excluding hydrogens is 284 g/mol. The van der Waals surface area contributed by atoms with Crippen LogP contribution in [0, 0.1) is 13.5 Å². The Labute approximate surface area is 137 Å². The first kappa shape index (κ1) is 15.3. The average molecular weight is 304 g/mol. The summed E-state index contributed by atoms with van der Waals surface area (Å²) >= 11 is 0.